The summed E-state index contributed by atoms with van der Waals surface area (Å²) in [5, 5.41) is 17.8. The van der Waals surface area contributed by atoms with Gasteiger partial charge in [0.15, 0.2) is 0 Å². The standard InChI is InChI=1S/C17H18IN3O2S/c1-8-5-9(18)6-11(14(8)22)15-19-16(23)13-10-3-4-21(2)7-12(10)24-17(13)20-15/h5-6,15,20,22H,3-4,7H2,1-2H3,(H,19,23)/t15-/m0/s1. The number of benzene rings is 1. The van der Waals surface area contributed by atoms with Gasteiger partial charge in [0.2, 0.25) is 0 Å². The van der Waals surface area contributed by atoms with Crippen molar-refractivity contribution in [1.29, 1.82) is 0 Å². The summed E-state index contributed by atoms with van der Waals surface area (Å²) in [4.78, 5) is 16.3. The Labute approximate surface area is 158 Å². The Hall–Kier alpha value is -1.32. The number of amides is 1. The molecule has 2 aliphatic rings. The Morgan fingerprint density at radius 3 is 2.96 bits per heavy atom. The van der Waals surface area contributed by atoms with Crippen LogP contribution in [0.3, 0.4) is 0 Å². The smallest absolute Gasteiger partial charge is 0.256 e. The van der Waals surface area contributed by atoms with Gasteiger partial charge in [-0.25, -0.2) is 0 Å². The molecule has 7 heteroatoms. The molecule has 0 fully saturated rings. The summed E-state index contributed by atoms with van der Waals surface area (Å²) in [6.07, 6.45) is 0.502. The minimum Gasteiger partial charge on any atom is -0.507 e. The van der Waals surface area contributed by atoms with Crippen LogP contribution in [0.1, 0.15) is 38.1 Å². The maximum atomic E-state index is 12.7. The number of hydrogen-bond donors (Lipinski definition) is 3. The number of phenolic OH excluding ortho intramolecular Hbond substituents is 1. The SMILES string of the molecule is Cc1cc(I)cc([C@H]2NC(=O)c3c(sc4c3CCN(C)C4)N2)c1O. The molecule has 1 aromatic heterocycles. The van der Waals surface area contributed by atoms with Crippen molar-refractivity contribution in [3.63, 3.8) is 0 Å². The van der Waals surface area contributed by atoms with Crippen molar-refractivity contribution in [3.05, 3.63) is 42.8 Å². The third-order valence-corrected chi connectivity index (χ3v) is 6.40. The van der Waals surface area contributed by atoms with E-state index in [9.17, 15) is 9.90 Å². The molecule has 0 aliphatic carbocycles. The van der Waals surface area contributed by atoms with Gasteiger partial charge < -0.3 is 20.6 Å². The van der Waals surface area contributed by atoms with E-state index in [0.29, 0.717) is 5.56 Å². The quantitative estimate of drug-likeness (QED) is 0.578. The third kappa shape index (κ3) is 2.58. The second-order valence-corrected chi connectivity index (χ2v) is 8.76. The molecule has 1 aromatic carbocycles. The summed E-state index contributed by atoms with van der Waals surface area (Å²) in [7, 11) is 2.10. The van der Waals surface area contributed by atoms with E-state index in [-0.39, 0.29) is 11.7 Å². The van der Waals surface area contributed by atoms with E-state index in [2.05, 4.69) is 45.2 Å². The predicted molar refractivity (Wildman–Crippen MR) is 104 cm³/mol. The lowest BCUT2D eigenvalue weighted by Gasteiger charge is -2.28. The fraction of sp³-hybridized carbons (Fsp3) is 0.353. The fourth-order valence-electron chi connectivity index (χ4n) is 3.38. The Balaban J connectivity index is 1.74. The largest absolute Gasteiger partial charge is 0.507 e. The molecule has 0 saturated carbocycles. The molecule has 24 heavy (non-hydrogen) atoms. The molecule has 1 amide bonds. The molecule has 126 valence electrons. The first-order chi connectivity index (χ1) is 11.4. The number of hydrogen-bond acceptors (Lipinski definition) is 5. The molecule has 2 aliphatic heterocycles. The molecule has 0 bridgehead atoms. The number of nitrogens with one attached hydrogen (secondary N) is 2. The topological polar surface area (TPSA) is 64.6 Å². The van der Waals surface area contributed by atoms with Gasteiger partial charge in [-0.2, -0.15) is 0 Å². The summed E-state index contributed by atoms with van der Waals surface area (Å²) < 4.78 is 1.03. The van der Waals surface area contributed by atoms with Crippen molar-refractivity contribution in [2.45, 2.75) is 26.1 Å². The number of anilines is 1. The molecular formula is C17H18IN3O2S. The van der Waals surface area contributed by atoms with Crippen molar-refractivity contribution in [2.75, 3.05) is 18.9 Å². The molecule has 0 saturated heterocycles. The number of nitrogens with zero attached hydrogens (tertiary/aromatic N) is 1. The summed E-state index contributed by atoms with van der Waals surface area (Å²) in [5.41, 5.74) is 3.49. The first-order valence-corrected chi connectivity index (χ1v) is 9.73. The minimum atomic E-state index is -0.406. The zero-order valence-electron chi connectivity index (χ0n) is 13.4. The zero-order valence-corrected chi connectivity index (χ0v) is 16.4. The number of rotatable bonds is 1. The van der Waals surface area contributed by atoms with Crippen LogP contribution in [0, 0.1) is 10.5 Å². The summed E-state index contributed by atoms with van der Waals surface area (Å²) >= 11 is 3.89. The number of thiophene rings is 1. The molecule has 3 heterocycles. The van der Waals surface area contributed by atoms with Gasteiger partial charge in [0.05, 0.1) is 5.56 Å². The highest BCUT2D eigenvalue weighted by Crippen LogP contribution is 2.42. The summed E-state index contributed by atoms with van der Waals surface area (Å²) in [6, 6.07) is 3.84. The van der Waals surface area contributed by atoms with Crippen molar-refractivity contribution in [3.8, 4) is 5.75 Å². The van der Waals surface area contributed by atoms with Crippen molar-refractivity contribution < 1.29 is 9.90 Å². The lowest BCUT2D eigenvalue weighted by Crippen LogP contribution is -2.38. The molecule has 3 N–H and O–H groups in total. The number of carbonyl (C=O) groups excluding carboxylic acids is 1. The summed E-state index contributed by atoms with van der Waals surface area (Å²) in [5.74, 6) is 0.185. The van der Waals surface area contributed by atoms with Gasteiger partial charge in [-0.15, -0.1) is 11.3 Å². The van der Waals surface area contributed by atoms with E-state index in [1.807, 2.05) is 19.1 Å². The van der Waals surface area contributed by atoms with Gasteiger partial charge in [-0.1, -0.05) is 0 Å². The second-order valence-electron chi connectivity index (χ2n) is 6.41. The highest BCUT2D eigenvalue weighted by atomic mass is 127. The molecule has 1 atom stereocenters. The number of carbonyl (C=O) groups is 1. The monoisotopic (exact) mass is 455 g/mol. The van der Waals surface area contributed by atoms with Crippen LogP contribution in [0.4, 0.5) is 5.00 Å². The fourth-order valence-corrected chi connectivity index (χ4v) is 5.54. The second kappa shape index (κ2) is 5.89. The van der Waals surface area contributed by atoms with E-state index in [1.54, 1.807) is 11.3 Å². The van der Waals surface area contributed by atoms with Gasteiger partial charge in [-0.05, 0) is 66.2 Å². The molecular weight excluding hydrogens is 437 g/mol. The van der Waals surface area contributed by atoms with Gasteiger partial charge in [0, 0.05) is 27.1 Å². The highest BCUT2D eigenvalue weighted by molar-refractivity contribution is 14.1. The molecule has 2 aromatic rings. The van der Waals surface area contributed by atoms with Crippen molar-refractivity contribution in [2.24, 2.45) is 0 Å². The molecule has 5 nitrogen and oxygen atoms in total. The lowest BCUT2D eigenvalue weighted by atomic mass is 10.00. The summed E-state index contributed by atoms with van der Waals surface area (Å²) in [6.45, 7) is 3.74. The maximum Gasteiger partial charge on any atom is 0.256 e. The van der Waals surface area contributed by atoms with Gasteiger partial charge in [0.1, 0.15) is 16.9 Å². The first-order valence-electron chi connectivity index (χ1n) is 7.83. The number of likely N-dealkylation sites (N-methyl/N-ethyl adjacent to an activating group) is 1. The number of aromatic hydroxyl groups is 1. The average Bonchev–Trinajstić information content (AvgIpc) is 2.88. The van der Waals surface area contributed by atoms with Crippen molar-refractivity contribution in [1.82, 2.24) is 10.2 Å². The van der Waals surface area contributed by atoms with Crippen LogP contribution in [0.25, 0.3) is 0 Å². The number of fused-ring (bicyclic) bond motifs is 3. The van der Waals surface area contributed by atoms with Gasteiger partial charge in [-0.3, -0.25) is 4.79 Å². The van der Waals surface area contributed by atoms with E-state index in [1.165, 1.54) is 10.4 Å². The molecule has 0 unspecified atom stereocenters. The Kier molecular flexibility index (Phi) is 3.97. The number of halogens is 1. The van der Waals surface area contributed by atoms with E-state index in [0.717, 1.165) is 39.2 Å². The van der Waals surface area contributed by atoms with E-state index < -0.39 is 6.17 Å². The Morgan fingerprint density at radius 2 is 2.17 bits per heavy atom. The van der Waals surface area contributed by atoms with Crippen molar-refractivity contribution >= 4 is 44.8 Å². The maximum absolute atomic E-state index is 12.7. The van der Waals surface area contributed by atoms with Crippen LogP contribution in [0.2, 0.25) is 0 Å². The highest BCUT2D eigenvalue weighted by Gasteiger charge is 2.33. The van der Waals surface area contributed by atoms with E-state index in [4.69, 9.17) is 0 Å². The molecule has 0 spiro atoms. The van der Waals surface area contributed by atoms with E-state index >= 15 is 0 Å². The average molecular weight is 455 g/mol. The Morgan fingerprint density at radius 1 is 1.38 bits per heavy atom. The van der Waals surface area contributed by atoms with Crippen LogP contribution in [-0.2, 0) is 13.0 Å². The van der Waals surface area contributed by atoms with Crippen LogP contribution in [-0.4, -0.2) is 29.5 Å². The van der Waals surface area contributed by atoms with Gasteiger partial charge >= 0.3 is 0 Å². The first kappa shape index (κ1) is 16.2. The predicted octanol–water partition coefficient (Wildman–Crippen LogP) is 3.21. The van der Waals surface area contributed by atoms with Crippen LogP contribution < -0.4 is 10.6 Å². The lowest BCUT2D eigenvalue weighted by molar-refractivity contribution is 0.0934. The third-order valence-electron chi connectivity index (χ3n) is 4.63. The number of aryl methyl sites for hydroxylation is 1. The van der Waals surface area contributed by atoms with Crippen LogP contribution in [0.5, 0.6) is 5.75 Å². The minimum absolute atomic E-state index is 0.0493. The Bertz CT molecular complexity index is 849. The zero-order chi connectivity index (χ0) is 17.0. The normalized spacial score (nSPS) is 20.1. The molecule has 4 rings (SSSR count). The van der Waals surface area contributed by atoms with Crippen LogP contribution in [0.15, 0.2) is 12.1 Å². The molecule has 0 radical (unpaired) electrons. The number of phenols is 1. The van der Waals surface area contributed by atoms with Gasteiger partial charge in [0.25, 0.3) is 5.91 Å². The van der Waals surface area contributed by atoms with Crippen LogP contribution >= 0.6 is 33.9 Å².